The molecule has 0 unspecified atom stereocenters. The van der Waals surface area contributed by atoms with E-state index in [2.05, 4.69) is 5.32 Å². The van der Waals surface area contributed by atoms with Crippen LogP contribution in [0.1, 0.15) is 5.56 Å². The van der Waals surface area contributed by atoms with Crippen molar-refractivity contribution < 1.29 is 27.1 Å². The molecule has 176 valence electrons. The van der Waals surface area contributed by atoms with Crippen molar-refractivity contribution >= 4 is 43.6 Å². The zero-order chi connectivity index (χ0) is 23.7. The molecular weight excluding hydrogens is 456 g/mol. The zero-order valence-electron chi connectivity index (χ0n) is 18.6. The van der Waals surface area contributed by atoms with E-state index in [1.165, 1.54) is 17.5 Å². The van der Waals surface area contributed by atoms with Crippen LogP contribution in [0.25, 0.3) is 21.9 Å². The number of fused-ring (bicyclic) bond motifs is 3. The Labute approximate surface area is 197 Å². The molecule has 0 spiro atoms. The van der Waals surface area contributed by atoms with E-state index >= 15 is 0 Å². The molecule has 0 atom stereocenters. The molecule has 0 aliphatic carbocycles. The van der Waals surface area contributed by atoms with Crippen LogP contribution in [-0.4, -0.2) is 52.0 Å². The van der Waals surface area contributed by atoms with Gasteiger partial charge in [-0.15, -0.1) is 0 Å². The molecular formula is C25H24N2O6S. The first kappa shape index (κ1) is 22.4. The lowest BCUT2D eigenvalue weighted by Gasteiger charge is -2.26. The van der Waals surface area contributed by atoms with Crippen LogP contribution in [0, 0.1) is 0 Å². The van der Waals surface area contributed by atoms with E-state index in [0.717, 1.165) is 16.4 Å². The number of amides is 1. The molecule has 1 aromatic heterocycles. The molecule has 1 fully saturated rings. The van der Waals surface area contributed by atoms with Gasteiger partial charge in [-0.3, -0.25) is 4.79 Å². The Bertz CT molecular complexity index is 1470. The molecule has 1 amide bonds. The Kier molecular flexibility index (Phi) is 5.99. The van der Waals surface area contributed by atoms with Gasteiger partial charge in [-0.05, 0) is 35.9 Å². The lowest BCUT2D eigenvalue weighted by molar-refractivity contribution is -0.115. The molecule has 0 saturated carbocycles. The highest BCUT2D eigenvalue weighted by atomic mass is 32.2. The van der Waals surface area contributed by atoms with Crippen molar-refractivity contribution in [3.05, 3.63) is 66.2 Å². The first-order valence-electron chi connectivity index (χ1n) is 10.9. The van der Waals surface area contributed by atoms with Crippen LogP contribution in [0.5, 0.6) is 5.75 Å². The number of ether oxygens (including phenoxy) is 2. The fourth-order valence-electron chi connectivity index (χ4n) is 4.15. The van der Waals surface area contributed by atoms with Crippen LogP contribution >= 0.6 is 0 Å². The zero-order valence-corrected chi connectivity index (χ0v) is 19.4. The molecule has 2 heterocycles. The molecule has 1 N–H and O–H groups in total. The third-order valence-electron chi connectivity index (χ3n) is 5.84. The molecule has 1 aliphatic rings. The predicted octanol–water partition coefficient (Wildman–Crippen LogP) is 3.80. The van der Waals surface area contributed by atoms with Crippen LogP contribution in [0.3, 0.4) is 0 Å². The third-order valence-corrected chi connectivity index (χ3v) is 7.76. The lowest BCUT2D eigenvalue weighted by atomic mass is 10.1. The van der Waals surface area contributed by atoms with Crippen molar-refractivity contribution in [1.29, 1.82) is 0 Å². The van der Waals surface area contributed by atoms with Crippen molar-refractivity contribution in [2.75, 3.05) is 38.7 Å². The van der Waals surface area contributed by atoms with Gasteiger partial charge in [-0.25, -0.2) is 8.42 Å². The highest BCUT2D eigenvalue weighted by molar-refractivity contribution is 7.89. The Morgan fingerprint density at radius 3 is 2.56 bits per heavy atom. The van der Waals surface area contributed by atoms with Crippen molar-refractivity contribution in [2.45, 2.75) is 11.3 Å². The van der Waals surface area contributed by atoms with Gasteiger partial charge in [0, 0.05) is 35.6 Å². The first-order valence-corrected chi connectivity index (χ1v) is 12.4. The summed E-state index contributed by atoms with van der Waals surface area (Å²) >= 11 is 0. The Morgan fingerprint density at radius 2 is 1.76 bits per heavy atom. The van der Waals surface area contributed by atoms with Gasteiger partial charge in [0.25, 0.3) is 0 Å². The van der Waals surface area contributed by atoms with Crippen molar-refractivity contribution in [3.63, 3.8) is 0 Å². The maximum Gasteiger partial charge on any atom is 0.246 e. The summed E-state index contributed by atoms with van der Waals surface area (Å²) in [4.78, 5) is 12.8. The summed E-state index contributed by atoms with van der Waals surface area (Å²) in [5.41, 5.74) is 2.64. The van der Waals surface area contributed by atoms with Gasteiger partial charge >= 0.3 is 0 Å². The number of carbonyl (C=O) groups is 1. The average molecular weight is 481 g/mol. The van der Waals surface area contributed by atoms with E-state index in [-0.39, 0.29) is 36.1 Å². The van der Waals surface area contributed by atoms with E-state index in [9.17, 15) is 13.2 Å². The number of furan rings is 1. The Morgan fingerprint density at radius 1 is 1.00 bits per heavy atom. The normalized spacial score (nSPS) is 15.0. The minimum absolute atomic E-state index is 0.00773. The van der Waals surface area contributed by atoms with Crippen LogP contribution in [0.4, 0.5) is 5.69 Å². The van der Waals surface area contributed by atoms with Crippen LogP contribution in [-0.2, 0) is 26.0 Å². The summed E-state index contributed by atoms with van der Waals surface area (Å²) in [5, 5.41) is 4.86. The van der Waals surface area contributed by atoms with Gasteiger partial charge in [0.1, 0.15) is 21.8 Å². The molecule has 0 bridgehead atoms. The summed E-state index contributed by atoms with van der Waals surface area (Å²) < 4.78 is 44.2. The summed E-state index contributed by atoms with van der Waals surface area (Å²) in [6.07, 6.45) is 0.00773. The number of anilines is 1. The number of sulfonamides is 1. The fraction of sp³-hybridized carbons (Fsp3) is 0.240. The van der Waals surface area contributed by atoms with Crippen LogP contribution in [0.15, 0.2) is 70.0 Å². The van der Waals surface area contributed by atoms with E-state index in [0.29, 0.717) is 30.0 Å². The molecule has 9 heteroatoms. The number of benzene rings is 3. The SMILES string of the molecule is COc1ccc(CC(=O)Nc2ccc3c(c2)oc2ccccc23)cc1S(=O)(=O)N1CCOCC1. The number of para-hydroxylation sites is 1. The Hall–Kier alpha value is -3.40. The number of carbonyl (C=O) groups excluding carboxylic acids is 1. The molecule has 0 radical (unpaired) electrons. The molecule has 8 nitrogen and oxygen atoms in total. The smallest absolute Gasteiger partial charge is 0.246 e. The molecule has 1 aliphatic heterocycles. The number of hydrogen-bond donors (Lipinski definition) is 1. The maximum absolute atomic E-state index is 13.2. The van der Waals surface area contributed by atoms with Gasteiger partial charge in [0.15, 0.2) is 0 Å². The summed E-state index contributed by atoms with van der Waals surface area (Å²) in [5.74, 6) is -0.0265. The molecule has 5 rings (SSSR count). The second-order valence-electron chi connectivity index (χ2n) is 8.04. The number of hydrogen-bond acceptors (Lipinski definition) is 6. The molecule has 1 saturated heterocycles. The molecule has 34 heavy (non-hydrogen) atoms. The largest absolute Gasteiger partial charge is 0.495 e. The number of nitrogens with one attached hydrogen (secondary N) is 1. The van der Waals surface area contributed by atoms with E-state index < -0.39 is 10.0 Å². The Balaban J connectivity index is 1.36. The van der Waals surface area contributed by atoms with Crippen molar-refractivity contribution in [2.24, 2.45) is 0 Å². The monoisotopic (exact) mass is 480 g/mol. The van der Waals surface area contributed by atoms with E-state index in [1.807, 2.05) is 36.4 Å². The summed E-state index contributed by atoms with van der Waals surface area (Å²) in [6, 6.07) is 18.1. The lowest BCUT2D eigenvalue weighted by Crippen LogP contribution is -2.40. The van der Waals surface area contributed by atoms with Crippen LogP contribution < -0.4 is 10.1 Å². The van der Waals surface area contributed by atoms with Gasteiger partial charge in [-0.1, -0.05) is 24.3 Å². The molecule has 4 aromatic rings. The number of rotatable bonds is 6. The molecule has 3 aromatic carbocycles. The third kappa shape index (κ3) is 4.25. The second-order valence-corrected chi connectivity index (χ2v) is 9.94. The van der Waals surface area contributed by atoms with Gasteiger partial charge in [-0.2, -0.15) is 4.31 Å². The minimum Gasteiger partial charge on any atom is -0.495 e. The number of methoxy groups -OCH3 is 1. The average Bonchev–Trinajstić information content (AvgIpc) is 3.22. The number of morpholine rings is 1. The van der Waals surface area contributed by atoms with Crippen molar-refractivity contribution in [1.82, 2.24) is 4.31 Å². The van der Waals surface area contributed by atoms with Gasteiger partial charge in [0.05, 0.1) is 26.7 Å². The quantitative estimate of drug-likeness (QED) is 0.451. The minimum atomic E-state index is -3.77. The van der Waals surface area contributed by atoms with Gasteiger partial charge in [0.2, 0.25) is 15.9 Å². The van der Waals surface area contributed by atoms with Crippen LogP contribution in [0.2, 0.25) is 0 Å². The predicted molar refractivity (Wildman–Crippen MR) is 129 cm³/mol. The first-order chi connectivity index (χ1) is 16.5. The summed E-state index contributed by atoms with van der Waals surface area (Å²) in [7, 11) is -2.35. The number of nitrogens with zero attached hydrogens (tertiary/aromatic N) is 1. The summed E-state index contributed by atoms with van der Waals surface area (Å²) in [6.45, 7) is 1.25. The highest BCUT2D eigenvalue weighted by Gasteiger charge is 2.29. The van der Waals surface area contributed by atoms with Crippen molar-refractivity contribution in [3.8, 4) is 5.75 Å². The maximum atomic E-state index is 13.2. The van der Waals surface area contributed by atoms with Gasteiger partial charge < -0.3 is 19.2 Å². The standard InChI is InChI=1S/C25H24N2O6S/c1-31-22-9-6-17(14-24(22)34(29,30)27-10-12-32-13-11-27)15-25(28)26-18-7-8-20-19-4-2-3-5-21(19)33-23(20)16-18/h2-9,14,16H,10-13,15H2,1H3,(H,26,28). The topological polar surface area (TPSA) is 98.1 Å². The van der Waals surface area contributed by atoms with E-state index in [4.69, 9.17) is 13.9 Å². The fourth-order valence-corrected chi connectivity index (χ4v) is 5.77. The van der Waals surface area contributed by atoms with E-state index in [1.54, 1.807) is 18.2 Å². The highest BCUT2D eigenvalue weighted by Crippen LogP contribution is 2.31. The second kappa shape index (κ2) is 9.09.